The number of rotatable bonds is 5. The lowest BCUT2D eigenvalue weighted by molar-refractivity contribution is 0.00642. The second-order valence-corrected chi connectivity index (χ2v) is 12.3. The zero-order chi connectivity index (χ0) is 27.4. The van der Waals surface area contributed by atoms with Gasteiger partial charge in [0.25, 0.3) is 0 Å². The minimum absolute atomic E-state index is 0.192. The van der Waals surface area contributed by atoms with E-state index < -0.39 is 5.76 Å². The van der Waals surface area contributed by atoms with Gasteiger partial charge in [0.05, 0.1) is 46.5 Å². The minimum atomic E-state index is -0.630. The van der Waals surface area contributed by atoms with Crippen LogP contribution in [-0.2, 0) is 11.3 Å². The van der Waals surface area contributed by atoms with Gasteiger partial charge in [0.1, 0.15) is 5.69 Å². The predicted molar refractivity (Wildman–Crippen MR) is 152 cm³/mol. The fourth-order valence-corrected chi connectivity index (χ4v) is 7.10. The molecule has 11 heteroatoms. The number of fused-ring (bicyclic) bond motifs is 2. The average molecular weight is 564 g/mol. The van der Waals surface area contributed by atoms with Crippen LogP contribution in [0, 0.1) is 11.8 Å². The van der Waals surface area contributed by atoms with Crippen LogP contribution in [0.5, 0.6) is 0 Å². The molecule has 4 aromatic heterocycles. The van der Waals surface area contributed by atoms with Gasteiger partial charge in [0.2, 0.25) is 11.8 Å². The van der Waals surface area contributed by atoms with E-state index in [4.69, 9.17) is 30.8 Å². The molecule has 1 saturated heterocycles. The van der Waals surface area contributed by atoms with Crippen LogP contribution >= 0.6 is 11.6 Å². The van der Waals surface area contributed by atoms with E-state index in [1.54, 1.807) is 12.4 Å². The van der Waals surface area contributed by atoms with E-state index in [0.29, 0.717) is 35.0 Å². The highest BCUT2D eigenvalue weighted by Crippen LogP contribution is 2.41. The van der Waals surface area contributed by atoms with E-state index in [2.05, 4.69) is 38.4 Å². The summed E-state index contributed by atoms with van der Waals surface area (Å²) in [5.41, 5.74) is 3.70. The van der Waals surface area contributed by atoms with Crippen LogP contribution in [0.25, 0.3) is 33.8 Å². The van der Waals surface area contributed by atoms with Gasteiger partial charge in [-0.05, 0) is 63.0 Å². The molecule has 0 radical (unpaired) electrons. The minimum Gasteiger partial charge on any atom is -0.374 e. The molecule has 3 aliphatic rings. The lowest BCUT2D eigenvalue weighted by Crippen LogP contribution is -2.54. The van der Waals surface area contributed by atoms with E-state index >= 15 is 0 Å². The second kappa shape index (κ2) is 10.3. The molecule has 3 fully saturated rings. The van der Waals surface area contributed by atoms with Crippen LogP contribution in [0.15, 0.2) is 33.8 Å². The number of aromatic amines is 1. The molecule has 0 bridgehead atoms. The van der Waals surface area contributed by atoms with Crippen LogP contribution in [0.4, 0.5) is 5.95 Å². The third-order valence-corrected chi connectivity index (χ3v) is 9.18. The van der Waals surface area contributed by atoms with Crippen molar-refractivity contribution in [3.63, 3.8) is 0 Å². The SMILES string of the molecule is CC1COC2CCCC2N1c1nc2cc(-c3noc(=O)[nH]3)nc(-c3cncc(Cl)c3)c2n1C[C@H]1CC[C@H](C)CC1. The van der Waals surface area contributed by atoms with Gasteiger partial charge in [-0.25, -0.2) is 14.8 Å². The van der Waals surface area contributed by atoms with Crippen molar-refractivity contribution in [1.82, 2.24) is 29.7 Å². The Kier molecular flexibility index (Phi) is 6.62. The molecule has 0 amide bonds. The number of nitrogens with zero attached hydrogens (tertiary/aromatic N) is 6. The number of hydrogen-bond donors (Lipinski definition) is 1. The summed E-state index contributed by atoms with van der Waals surface area (Å²) in [6.07, 6.45) is 11.8. The number of halogens is 1. The summed E-state index contributed by atoms with van der Waals surface area (Å²) >= 11 is 6.41. The van der Waals surface area contributed by atoms with Crippen molar-refractivity contribution in [3.05, 3.63) is 40.1 Å². The monoisotopic (exact) mass is 563 g/mol. The maximum absolute atomic E-state index is 11.8. The van der Waals surface area contributed by atoms with E-state index in [-0.39, 0.29) is 18.0 Å². The Labute approximate surface area is 237 Å². The molecule has 4 aromatic rings. The molecule has 40 heavy (non-hydrogen) atoms. The zero-order valence-corrected chi connectivity index (χ0v) is 23.6. The maximum atomic E-state index is 11.8. The molecule has 7 rings (SSSR count). The van der Waals surface area contributed by atoms with E-state index in [1.165, 1.54) is 25.7 Å². The van der Waals surface area contributed by atoms with Crippen LogP contribution < -0.4 is 10.7 Å². The number of H-pyrrole nitrogens is 1. The molecule has 10 nitrogen and oxygen atoms in total. The first-order chi connectivity index (χ1) is 19.4. The Morgan fingerprint density at radius 3 is 2.70 bits per heavy atom. The van der Waals surface area contributed by atoms with Crippen LogP contribution in [0.3, 0.4) is 0 Å². The number of nitrogens with one attached hydrogen (secondary N) is 1. The molecule has 1 N–H and O–H groups in total. The fourth-order valence-electron chi connectivity index (χ4n) is 6.92. The highest BCUT2D eigenvalue weighted by atomic mass is 35.5. The molecule has 0 spiro atoms. The summed E-state index contributed by atoms with van der Waals surface area (Å²) < 4.78 is 13.5. The average Bonchev–Trinajstić information content (AvgIpc) is 3.68. The maximum Gasteiger partial charge on any atom is 0.439 e. The molecule has 5 heterocycles. The van der Waals surface area contributed by atoms with Crippen molar-refractivity contribution >= 4 is 28.6 Å². The zero-order valence-electron chi connectivity index (χ0n) is 22.8. The molecule has 210 valence electrons. The van der Waals surface area contributed by atoms with Crippen LogP contribution in [0.2, 0.25) is 5.02 Å². The molecule has 2 saturated carbocycles. The van der Waals surface area contributed by atoms with Crippen molar-refractivity contribution < 1.29 is 9.26 Å². The Hall–Kier alpha value is -3.24. The summed E-state index contributed by atoms with van der Waals surface area (Å²) in [7, 11) is 0. The van der Waals surface area contributed by atoms with E-state index in [0.717, 1.165) is 54.3 Å². The Bertz CT molecular complexity index is 1590. The third-order valence-electron chi connectivity index (χ3n) is 8.97. The van der Waals surface area contributed by atoms with Crippen molar-refractivity contribution in [3.8, 4) is 22.8 Å². The molecular formula is C29H34ClN7O3. The summed E-state index contributed by atoms with van der Waals surface area (Å²) in [6.45, 7) is 6.13. The van der Waals surface area contributed by atoms with E-state index in [1.807, 2.05) is 12.1 Å². The highest BCUT2D eigenvalue weighted by molar-refractivity contribution is 6.30. The van der Waals surface area contributed by atoms with Crippen LogP contribution in [0.1, 0.15) is 58.8 Å². The smallest absolute Gasteiger partial charge is 0.374 e. The summed E-state index contributed by atoms with van der Waals surface area (Å²) in [5, 5.41) is 4.44. The van der Waals surface area contributed by atoms with Gasteiger partial charge in [-0.15, -0.1) is 0 Å². The summed E-state index contributed by atoms with van der Waals surface area (Å²) in [5.74, 6) is 1.92. The first-order valence-corrected chi connectivity index (χ1v) is 14.8. The molecule has 3 atom stereocenters. The number of pyridine rings is 2. The molecular weight excluding hydrogens is 530 g/mol. The Morgan fingerprint density at radius 1 is 1.07 bits per heavy atom. The topological polar surface area (TPSA) is 115 Å². The number of imidazole rings is 1. The number of ether oxygens (including phenoxy) is 1. The second-order valence-electron chi connectivity index (χ2n) is 11.8. The number of hydrogen-bond acceptors (Lipinski definition) is 8. The normalized spacial score (nSPS) is 26.9. The largest absolute Gasteiger partial charge is 0.439 e. The van der Waals surface area contributed by atoms with Crippen molar-refractivity contribution in [2.24, 2.45) is 11.8 Å². The predicted octanol–water partition coefficient (Wildman–Crippen LogP) is 5.46. The van der Waals surface area contributed by atoms with Gasteiger partial charge in [0, 0.05) is 24.5 Å². The lowest BCUT2D eigenvalue weighted by Gasteiger charge is -2.43. The number of aromatic nitrogens is 6. The first-order valence-electron chi connectivity index (χ1n) is 14.4. The first kappa shape index (κ1) is 25.7. The van der Waals surface area contributed by atoms with Gasteiger partial charge in [-0.1, -0.05) is 36.5 Å². The Balaban J connectivity index is 1.46. The standard InChI is InChI=1S/C29H34ClN7O3/c1-16-6-8-18(9-7-16)14-36-26-21(33-28(36)37-17(2)15-39-24-5-3-4-23(24)37)11-22(27-34-29(38)40-35-27)32-25(26)19-10-20(30)13-31-12-19/h10-13,16-18,23-24H,3-9,14-15H2,1-2H3,(H,34,35,38)/t16-,17?,18-,23?,24?. The van der Waals surface area contributed by atoms with Crippen molar-refractivity contribution in [2.45, 2.75) is 83.5 Å². The number of anilines is 1. The van der Waals surface area contributed by atoms with Gasteiger partial charge in [0.15, 0.2) is 0 Å². The van der Waals surface area contributed by atoms with Crippen LogP contribution in [-0.4, -0.2) is 54.5 Å². The van der Waals surface area contributed by atoms with Gasteiger partial charge >= 0.3 is 5.76 Å². The summed E-state index contributed by atoms with van der Waals surface area (Å²) in [4.78, 5) is 31.6. The highest BCUT2D eigenvalue weighted by Gasteiger charge is 2.42. The van der Waals surface area contributed by atoms with Crippen molar-refractivity contribution in [1.29, 1.82) is 0 Å². The van der Waals surface area contributed by atoms with E-state index in [9.17, 15) is 4.79 Å². The van der Waals surface area contributed by atoms with Gasteiger partial charge in [-0.3, -0.25) is 14.5 Å². The van der Waals surface area contributed by atoms with Gasteiger partial charge < -0.3 is 14.2 Å². The molecule has 3 unspecified atom stereocenters. The van der Waals surface area contributed by atoms with Gasteiger partial charge in [-0.2, -0.15) is 0 Å². The molecule has 1 aliphatic heterocycles. The lowest BCUT2D eigenvalue weighted by atomic mass is 9.83. The Morgan fingerprint density at radius 2 is 1.93 bits per heavy atom. The fraction of sp³-hybridized carbons (Fsp3) is 0.552. The summed E-state index contributed by atoms with van der Waals surface area (Å²) in [6, 6.07) is 4.25. The molecule has 2 aliphatic carbocycles. The molecule has 0 aromatic carbocycles. The van der Waals surface area contributed by atoms with Crippen molar-refractivity contribution in [2.75, 3.05) is 11.5 Å². The quantitative estimate of drug-likeness (QED) is 0.340. The third kappa shape index (κ3) is 4.60. The number of morpholine rings is 1.